The van der Waals surface area contributed by atoms with Crippen LogP contribution in [0.3, 0.4) is 0 Å². The zero-order chi connectivity index (χ0) is 14.1. The van der Waals surface area contributed by atoms with Crippen molar-refractivity contribution in [2.24, 2.45) is 0 Å². The summed E-state index contributed by atoms with van der Waals surface area (Å²) in [6, 6.07) is 11.9. The number of hydrogen-bond donors (Lipinski definition) is 1. The number of aryl methyl sites for hydroxylation is 1. The molecule has 0 aromatic heterocycles. The number of rotatable bonds is 3. The molecule has 0 spiro atoms. The Morgan fingerprint density at radius 1 is 1.30 bits per heavy atom. The van der Waals surface area contributed by atoms with Gasteiger partial charge in [-0.3, -0.25) is 0 Å². The van der Waals surface area contributed by atoms with Crippen LogP contribution in [0.15, 0.2) is 41.3 Å². The highest BCUT2D eigenvalue weighted by molar-refractivity contribution is 7.99. The van der Waals surface area contributed by atoms with E-state index in [1.165, 1.54) is 11.1 Å². The van der Waals surface area contributed by atoms with Crippen LogP contribution in [0.4, 0.5) is 5.69 Å². The van der Waals surface area contributed by atoms with Crippen molar-refractivity contribution < 1.29 is 4.74 Å². The summed E-state index contributed by atoms with van der Waals surface area (Å²) in [5, 5.41) is 0.716. The van der Waals surface area contributed by atoms with Crippen molar-refractivity contribution in [2.75, 3.05) is 11.5 Å². The van der Waals surface area contributed by atoms with Crippen molar-refractivity contribution in [1.29, 1.82) is 0 Å². The fourth-order valence-corrected chi connectivity index (χ4v) is 3.59. The number of nitrogen functional groups attached to an aromatic ring is 1. The molecule has 2 aromatic rings. The average molecular weight is 306 g/mol. The van der Waals surface area contributed by atoms with Gasteiger partial charge in [0.15, 0.2) is 0 Å². The van der Waals surface area contributed by atoms with E-state index < -0.39 is 0 Å². The first-order chi connectivity index (χ1) is 9.61. The molecule has 0 radical (unpaired) electrons. The number of hydrogen-bond acceptors (Lipinski definition) is 3. The van der Waals surface area contributed by atoms with E-state index in [0.717, 1.165) is 28.5 Å². The number of halogens is 1. The van der Waals surface area contributed by atoms with Crippen LogP contribution < -0.4 is 10.5 Å². The molecule has 2 nitrogen and oxygen atoms in total. The van der Waals surface area contributed by atoms with Gasteiger partial charge in [0, 0.05) is 27.8 Å². The van der Waals surface area contributed by atoms with E-state index in [9.17, 15) is 0 Å². The lowest BCUT2D eigenvalue weighted by atomic mass is 10.1. The highest BCUT2D eigenvalue weighted by atomic mass is 35.5. The highest BCUT2D eigenvalue weighted by Crippen LogP contribution is 2.34. The number of fused-ring (bicyclic) bond motifs is 1. The Labute approximate surface area is 128 Å². The minimum Gasteiger partial charge on any atom is -0.489 e. The SMILES string of the molecule is Cc1ccc2c(c1)CC(CSc1cc(Cl)ccc1N)O2. The summed E-state index contributed by atoms with van der Waals surface area (Å²) in [4.78, 5) is 1.02. The second-order valence-corrected chi connectivity index (χ2v) is 6.55. The Kier molecular flexibility index (Phi) is 3.81. The normalized spacial score (nSPS) is 16.8. The van der Waals surface area contributed by atoms with E-state index in [0.29, 0.717) is 5.02 Å². The molecule has 0 amide bonds. The number of benzene rings is 2. The molecule has 1 atom stereocenters. The van der Waals surface area contributed by atoms with Crippen LogP contribution in [0.1, 0.15) is 11.1 Å². The molecule has 1 aliphatic rings. The molecule has 2 aromatic carbocycles. The molecule has 0 saturated heterocycles. The summed E-state index contributed by atoms with van der Waals surface area (Å²) in [5.74, 6) is 1.89. The van der Waals surface area contributed by atoms with Crippen molar-refractivity contribution in [3.05, 3.63) is 52.5 Å². The molecule has 1 unspecified atom stereocenters. The van der Waals surface area contributed by atoms with E-state index in [-0.39, 0.29) is 6.10 Å². The fourth-order valence-electron chi connectivity index (χ4n) is 2.36. The van der Waals surface area contributed by atoms with Gasteiger partial charge in [0.1, 0.15) is 11.9 Å². The van der Waals surface area contributed by atoms with Crippen LogP contribution in [0.5, 0.6) is 5.75 Å². The van der Waals surface area contributed by atoms with Gasteiger partial charge in [-0.25, -0.2) is 0 Å². The molecular formula is C16H16ClNOS. The largest absolute Gasteiger partial charge is 0.489 e. The standard InChI is InChI=1S/C16H16ClNOS/c1-10-2-5-15-11(6-10)7-13(19-15)9-20-16-8-12(17)3-4-14(16)18/h2-6,8,13H,7,9,18H2,1H3. The summed E-state index contributed by atoms with van der Waals surface area (Å²) in [5.41, 5.74) is 9.31. The van der Waals surface area contributed by atoms with E-state index >= 15 is 0 Å². The van der Waals surface area contributed by atoms with Gasteiger partial charge in [-0.1, -0.05) is 29.3 Å². The molecule has 104 valence electrons. The average Bonchev–Trinajstić information content (AvgIpc) is 2.81. The predicted octanol–water partition coefficient (Wildman–Crippen LogP) is 4.33. The second kappa shape index (κ2) is 5.58. The van der Waals surface area contributed by atoms with Crippen molar-refractivity contribution in [3.63, 3.8) is 0 Å². The summed E-state index contributed by atoms with van der Waals surface area (Å²) in [7, 11) is 0. The molecule has 0 fully saturated rings. The Balaban J connectivity index is 1.65. The van der Waals surface area contributed by atoms with Crippen LogP contribution in [-0.4, -0.2) is 11.9 Å². The fraction of sp³-hybridized carbons (Fsp3) is 0.250. The zero-order valence-corrected chi connectivity index (χ0v) is 12.8. The monoisotopic (exact) mass is 305 g/mol. The van der Waals surface area contributed by atoms with Gasteiger partial charge in [-0.05, 0) is 36.8 Å². The van der Waals surface area contributed by atoms with Gasteiger partial charge in [0.25, 0.3) is 0 Å². The molecule has 0 saturated carbocycles. The minimum absolute atomic E-state index is 0.204. The highest BCUT2D eigenvalue weighted by Gasteiger charge is 2.23. The molecule has 0 aliphatic carbocycles. The maximum atomic E-state index is 6.00. The molecule has 1 aliphatic heterocycles. The van der Waals surface area contributed by atoms with Crippen LogP contribution in [0, 0.1) is 6.92 Å². The van der Waals surface area contributed by atoms with Gasteiger partial charge >= 0.3 is 0 Å². The predicted molar refractivity (Wildman–Crippen MR) is 85.9 cm³/mol. The van der Waals surface area contributed by atoms with Gasteiger partial charge in [0.05, 0.1) is 0 Å². The lowest BCUT2D eigenvalue weighted by molar-refractivity contribution is 0.259. The minimum atomic E-state index is 0.204. The quantitative estimate of drug-likeness (QED) is 0.677. The number of nitrogens with two attached hydrogens (primary N) is 1. The summed E-state index contributed by atoms with van der Waals surface area (Å²) < 4.78 is 5.96. The van der Waals surface area contributed by atoms with Crippen LogP contribution in [-0.2, 0) is 6.42 Å². The smallest absolute Gasteiger partial charge is 0.123 e. The second-order valence-electron chi connectivity index (χ2n) is 5.05. The Morgan fingerprint density at radius 2 is 2.15 bits per heavy atom. The molecular weight excluding hydrogens is 290 g/mol. The first-order valence-corrected chi connectivity index (χ1v) is 7.92. The molecule has 1 heterocycles. The lowest BCUT2D eigenvalue weighted by Gasteiger charge is -2.11. The van der Waals surface area contributed by atoms with E-state index in [1.807, 2.05) is 18.2 Å². The molecule has 20 heavy (non-hydrogen) atoms. The third-order valence-corrected chi connectivity index (χ3v) is 4.80. The molecule has 0 bridgehead atoms. The first kappa shape index (κ1) is 13.7. The molecule has 3 rings (SSSR count). The third kappa shape index (κ3) is 2.89. The van der Waals surface area contributed by atoms with Gasteiger partial charge in [0.2, 0.25) is 0 Å². The number of anilines is 1. The van der Waals surface area contributed by atoms with Crippen molar-refractivity contribution in [1.82, 2.24) is 0 Å². The number of ether oxygens (including phenoxy) is 1. The zero-order valence-electron chi connectivity index (χ0n) is 11.2. The summed E-state index contributed by atoms with van der Waals surface area (Å²) in [6.07, 6.45) is 1.17. The first-order valence-electron chi connectivity index (χ1n) is 6.56. The third-order valence-electron chi connectivity index (χ3n) is 3.36. The van der Waals surface area contributed by atoms with Gasteiger partial charge in [-0.15, -0.1) is 11.8 Å². The van der Waals surface area contributed by atoms with Crippen LogP contribution in [0.2, 0.25) is 5.02 Å². The van der Waals surface area contributed by atoms with Gasteiger partial charge in [-0.2, -0.15) is 0 Å². The topological polar surface area (TPSA) is 35.2 Å². The van der Waals surface area contributed by atoms with E-state index in [1.54, 1.807) is 11.8 Å². The van der Waals surface area contributed by atoms with E-state index in [4.69, 9.17) is 22.1 Å². The number of thioether (sulfide) groups is 1. The Hall–Kier alpha value is -1.32. The Morgan fingerprint density at radius 3 is 3.00 bits per heavy atom. The summed E-state index contributed by atoms with van der Waals surface area (Å²) in [6.45, 7) is 2.11. The maximum absolute atomic E-state index is 6.00. The maximum Gasteiger partial charge on any atom is 0.123 e. The van der Waals surface area contributed by atoms with Crippen molar-refractivity contribution >= 4 is 29.1 Å². The summed E-state index contributed by atoms with van der Waals surface area (Å²) >= 11 is 7.70. The van der Waals surface area contributed by atoms with E-state index in [2.05, 4.69) is 25.1 Å². The van der Waals surface area contributed by atoms with Crippen molar-refractivity contribution in [2.45, 2.75) is 24.3 Å². The van der Waals surface area contributed by atoms with Crippen LogP contribution in [0.25, 0.3) is 0 Å². The van der Waals surface area contributed by atoms with Crippen LogP contribution >= 0.6 is 23.4 Å². The van der Waals surface area contributed by atoms with Gasteiger partial charge < -0.3 is 10.5 Å². The molecule has 2 N–H and O–H groups in total. The molecule has 4 heteroatoms. The Bertz CT molecular complexity index is 644. The lowest BCUT2D eigenvalue weighted by Crippen LogP contribution is -2.15. The van der Waals surface area contributed by atoms with Crippen molar-refractivity contribution in [3.8, 4) is 5.75 Å².